The average molecular weight is 393 g/mol. The normalized spacial score (nSPS) is 13.2. The Balaban J connectivity index is 2.66. The lowest BCUT2D eigenvalue weighted by Crippen LogP contribution is -2.46. The van der Waals surface area contributed by atoms with Gasteiger partial charge in [0.2, 0.25) is 0 Å². The standard InChI is InChI=1S/C21H31NO6/c1-7-11-17(22(6)20(25)28-21(3,4)5)19(24)27-15(2)18(23)26-14-16-12-9-8-10-13-16/h8-10,12-13,15,17H,7,11,14H2,1-6H3/t15?,17-/m0/s1. The van der Waals surface area contributed by atoms with Crippen LogP contribution in [0.25, 0.3) is 0 Å². The highest BCUT2D eigenvalue weighted by atomic mass is 16.6. The number of likely N-dealkylation sites (N-methyl/N-ethyl adjacent to an activating group) is 1. The van der Waals surface area contributed by atoms with Crippen LogP contribution in [0.2, 0.25) is 0 Å². The molecule has 0 bridgehead atoms. The van der Waals surface area contributed by atoms with Crippen LogP contribution in [0, 0.1) is 0 Å². The van der Waals surface area contributed by atoms with Crippen LogP contribution in [0.1, 0.15) is 53.0 Å². The van der Waals surface area contributed by atoms with E-state index in [2.05, 4.69) is 0 Å². The van der Waals surface area contributed by atoms with Crippen LogP contribution in [0.5, 0.6) is 0 Å². The van der Waals surface area contributed by atoms with E-state index in [0.29, 0.717) is 12.8 Å². The second-order valence-electron chi connectivity index (χ2n) is 7.57. The lowest BCUT2D eigenvalue weighted by Gasteiger charge is -2.29. The molecule has 1 aromatic carbocycles. The average Bonchev–Trinajstić information content (AvgIpc) is 2.62. The SMILES string of the molecule is CCC[C@@H](C(=O)OC(C)C(=O)OCc1ccccc1)N(C)C(=O)OC(C)(C)C. The van der Waals surface area contributed by atoms with E-state index in [1.54, 1.807) is 20.8 Å². The lowest BCUT2D eigenvalue weighted by molar-refractivity contribution is -0.170. The molecule has 1 aromatic rings. The minimum Gasteiger partial charge on any atom is -0.458 e. The van der Waals surface area contributed by atoms with Gasteiger partial charge in [-0.1, -0.05) is 43.7 Å². The molecule has 0 aliphatic heterocycles. The number of carbonyl (C=O) groups excluding carboxylic acids is 3. The molecule has 0 saturated heterocycles. The third kappa shape index (κ3) is 7.98. The molecule has 0 fully saturated rings. The first kappa shape index (κ1) is 23.5. The molecular weight excluding hydrogens is 362 g/mol. The molecule has 7 heteroatoms. The van der Waals surface area contributed by atoms with Gasteiger partial charge in [0, 0.05) is 7.05 Å². The van der Waals surface area contributed by atoms with Gasteiger partial charge in [-0.05, 0) is 39.7 Å². The van der Waals surface area contributed by atoms with E-state index < -0.39 is 35.8 Å². The van der Waals surface area contributed by atoms with Crippen LogP contribution in [0.15, 0.2) is 30.3 Å². The van der Waals surface area contributed by atoms with E-state index >= 15 is 0 Å². The summed E-state index contributed by atoms with van der Waals surface area (Å²) in [6.45, 7) is 8.67. The number of rotatable bonds is 8. The number of carbonyl (C=O) groups is 3. The van der Waals surface area contributed by atoms with Gasteiger partial charge in [0.25, 0.3) is 0 Å². The first-order valence-electron chi connectivity index (χ1n) is 9.42. The maximum absolute atomic E-state index is 12.6. The summed E-state index contributed by atoms with van der Waals surface area (Å²) >= 11 is 0. The minimum atomic E-state index is -1.08. The topological polar surface area (TPSA) is 82.1 Å². The highest BCUT2D eigenvalue weighted by molar-refractivity contribution is 5.84. The summed E-state index contributed by atoms with van der Waals surface area (Å²) in [6, 6.07) is 8.37. The predicted molar refractivity (Wildman–Crippen MR) is 104 cm³/mol. The molecule has 1 amide bonds. The quantitative estimate of drug-likeness (QED) is 0.495. The second-order valence-corrected chi connectivity index (χ2v) is 7.57. The van der Waals surface area contributed by atoms with Crippen LogP contribution in [-0.4, -0.2) is 47.7 Å². The van der Waals surface area contributed by atoms with E-state index in [1.165, 1.54) is 18.9 Å². The largest absolute Gasteiger partial charge is 0.458 e. The van der Waals surface area contributed by atoms with E-state index in [9.17, 15) is 14.4 Å². The molecule has 1 unspecified atom stereocenters. The van der Waals surface area contributed by atoms with Gasteiger partial charge in [0.15, 0.2) is 6.10 Å². The van der Waals surface area contributed by atoms with Crippen LogP contribution in [0.3, 0.4) is 0 Å². The van der Waals surface area contributed by atoms with E-state index in [1.807, 2.05) is 37.3 Å². The van der Waals surface area contributed by atoms with Gasteiger partial charge in [-0.15, -0.1) is 0 Å². The number of hydrogen-bond donors (Lipinski definition) is 0. The van der Waals surface area contributed by atoms with Gasteiger partial charge in [-0.25, -0.2) is 14.4 Å². The fraction of sp³-hybridized carbons (Fsp3) is 0.571. The molecule has 0 aliphatic rings. The summed E-state index contributed by atoms with van der Waals surface area (Å²) < 4.78 is 15.7. The number of nitrogens with zero attached hydrogens (tertiary/aromatic N) is 1. The van der Waals surface area contributed by atoms with Gasteiger partial charge in [-0.3, -0.25) is 4.90 Å². The Hall–Kier alpha value is -2.57. The Bertz CT molecular complexity index is 653. The zero-order valence-corrected chi connectivity index (χ0v) is 17.6. The van der Waals surface area contributed by atoms with Crippen molar-refractivity contribution in [3.8, 4) is 0 Å². The van der Waals surface area contributed by atoms with Crippen molar-refractivity contribution in [2.45, 2.75) is 71.8 Å². The predicted octanol–water partition coefficient (Wildman–Crippen LogP) is 3.70. The van der Waals surface area contributed by atoms with Gasteiger partial charge in [-0.2, -0.15) is 0 Å². The molecule has 28 heavy (non-hydrogen) atoms. The number of esters is 2. The van der Waals surface area contributed by atoms with Gasteiger partial charge >= 0.3 is 18.0 Å². The summed E-state index contributed by atoms with van der Waals surface area (Å²) in [4.78, 5) is 38.1. The van der Waals surface area contributed by atoms with Crippen LogP contribution in [0.4, 0.5) is 4.79 Å². The fourth-order valence-corrected chi connectivity index (χ4v) is 2.35. The summed E-state index contributed by atoms with van der Waals surface area (Å²) in [5.41, 5.74) is 0.156. The van der Waals surface area contributed by atoms with Crippen LogP contribution in [-0.2, 0) is 30.4 Å². The monoisotopic (exact) mass is 393 g/mol. The van der Waals surface area contributed by atoms with Crippen molar-refractivity contribution in [2.24, 2.45) is 0 Å². The summed E-state index contributed by atoms with van der Waals surface area (Å²) in [7, 11) is 1.48. The first-order valence-corrected chi connectivity index (χ1v) is 9.42. The molecule has 0 aromatic heterocycles. The van der Waals surface area contributed by atoms with Crippen molar-refractivity contribution < 1.29 is 28.6 Å². The second kappa shape index (κ2) is 10.7. The molecule has 0 radical (unpaired) electrons. The molecule has 1 rings (SSSR count). The number of hydrogen-bond acceptors (Lipinski definition) is 6. The number of benzene rings is 1. The van der Waals surface area contributed by atoms with Crippen molar-refractivity contribution in [1.82, 2.24) is 4.90 Å². The molecule has 7 nitrogen and oxygen atoms in total. The third-order valence-corrected chi connectivity index (χ3v) is 3.83. The Kier molecular flexibility index (Phi) is 8.96. The zero-order chi connectivity index (χ0) is 21.3. The zero-order valence-electron chi connectivity index (χ0n) is 17.6. The molecule has 0 N–H and O–H groups in total. The number of ether oxygens (including phenoxy) is 3. The number of amides is 1. The molecular formula is C21H31NO6. The molecule has 2 atom stereocenters. The van der Waals surface area contributed by atoms with Gasteiger partial charge in [0.05, 0.1) is 0 Å². The van der Waals surface area contributed by atoms with Crippen LogP contribution >= 0.6 is 0 Å². The summed E-state index contributed by atoms with van der Waals surface area (Å²) in [5, 5.41) is 0. The minimum absolute atomic E-state index is 0.0950. The fourth-order valence-electron chi connectivity index (χ4n) is 2.35. The molecule has 156 valence electrons. The van der Waals surface area contributed by atoms with Crippen molar-refractivity contribution in [3.05, 3.63) is 35.9 Å². The van der Waals surface area contributed by atoms with E-state index in [0.717, 1.165) is 5.56 Å². The van der Waals surface area contributed by atoms with Crippen molar-refractivity contribution in [1.29, 1.82) is 0 Å². The molecule has 0 spiro atoms. The van der Waals surface area contributed by atoms with Gasteiger partial charge in [0.1, 0.15) is 18.2 Å². The van der Waals surface area contributed by atoms with Crippen molar-refractivity contribution in [3.63, 3.8) is 0 Å². The smallest absolute Gasteiger partial charge is 0.410 e. The van der Waals surface area contributed by atoms with Crippen molar-refractivity contribution in [2.75, 3.05) is 7.05 Å². The highest BCUT2D eigenvalue weighted by Gasteiger charge is 2.32. The Labute approximate surface area is 166 Å². The van der Waals surface area contributed by atoms with Crippen molar-refractivity contribution >= 4 is 18.0 Å². The maximum atomic E-state index is 12.6. The Morgan fingerprint density at radius 3 is 2.21 bits per heavy atom. The van der Waals surface area contributed by atoms with Gasteiger partial charge < -0.3 is 14.2 Å². The molecule has 0 saturated carbocycles. The summed E-state index contributed by atoms with van der Waals surface area (Å²) in [5.74, 6) is -1.31. The Morgan fingerprint density at radius 2 is 1.68 bits per heavy atom. The molecule has 0 heterocycles. The van der Waals surface area contributed by atoms with E-state index in [4.69, 9.17) is 14.2 Å². The third-order valence-electron chi connectivity index (χ3n) is 3.83. The van der Waals surface area contributed by atoms with E-state index in [-0.39, 0.29) is 6.61 Å². The molecule has 0 aliphatic carbocycles. The van der Waals surface area contributed by atoms with Crippen LogP contribution < -0.4 is 0 Å². The lowest BCUT2D eigenvalue weighted by atomic mass is 10.1. The Morgan fingerprint density at radius 1 is 1.07 bits per heavy atom. The highest BCUT2D eigenvalue weighted by Crippen LogP contribution is 2.15. The maximum Gasteiger partial charge on any atom is 0.410 e. The summed E-state index contributed by atoms with van der Waals surface area (Å²) in [6.07, 6.45) is -0.662. The first-order chi connectivity index (χ1) is 13.0.